The first-order chi connectivity index (χ1) is 12.1. The van der Waals surface area contributed by atoms with Crippen LogP contribution in [0.25, 0.3) is 0 Å². The summed E-state index contributed by atoms with van der Waals surface area (Å²) in [6.45, 7) is -1.93. The van der Waals surface area contributed by atoms with Gasteiger partial charge in [0.2, 0.25) is 0 Å². The van der Waals surface area contributed by atoms with E-state index in [0.29, 0.717) is 0 Å². The van der Waals surface area contributed by atoms with Crippen molar-refractivity contribution >= 4 is 5.97 Å². The van der Waals surface area contributed by atoms with Crippen molar-refractivity contribution in [3.8, 4) is 0 Å². The highest BCUT2D eigenvalue weighted by atomic mass is 19.4. The molecule has 168 valence electrons. The summed E-state index contributed by atoms with van der Waals surface area (Å²) in [5.41, 5.74) is -3.41. The lowest BCUT2D eigenvalue weighted by atomic mass is 9.87. The average molecular weight is 448 g/mol. The number of carbonyl (C=O) groups is 1. The van der Waals surface area contributed by atoms with Crippen molar-refractivity contribution in [2.45, 2.75) is 63.0 Å². The Morgan fingerprint density at radius 3 is 1.57 bits per heavy atom. The molecule has 0 spiro atoms. The molecule has 0 aliphatic carbocycles. The van der Waals surface area contributed by atoms with E-state index < -0.39 is 67.1 Å². The first kappa shape index (κ1) is 26.6. The van der Waals surface area contributed by atoms with Crippen LogP contribution in [0.2, 0.25) is 0 Å². The highest BCUT2D eigenvalue weighted by Gasteiger charge is 2.70. The summed E-state index contributed by atoms with van der Waals surface area (Å²) in [5.74, 6) is -27.2. The summed E-state index contributed by atoms with van der Waals surface area (Å²) < 4.78 is 170. The number of halogens is 13. The second-order valence-corrected chi connectivity index (χ2v) is 5.97. The fourth-order valence-corrected chi connectivity index (χ4v) is 1.57. The molecule has 1 atom stereocenters. The van der Waals surface area contributed by atoms with Crippen molar-refractivity contribution in [3.63, 3.8) is 0 Å². The molecule has 0 heterocycles. The van der Waals surface area contributed by atoms with Crippen molar-refractivity contribution in [2.24, 2.45) is 5.41 Å². The van der Waals surface area contributed by atoms with E-state index in [4.69, 9.17) is 0 Å². The van der Waals surface area contributed by atoms with Crippen LogP contribution in [0, 0.1) is 5.41 Å². The third-order valence-corrected chi connectivity index (χ3v) is 3.91. The number of rotatable bonds is 9. The Balaban J connectivity index is 5.47. The molecule has 2 nitrogen and oxygen atoms in total. The van der Waals surface area contributed by atoms with Gasteiger partial charge in [-0.1, -0.05) is 6.92 Å². The number of ether oxygens (including phenoxy) is 1. The molecular weight excluding hydrogens is 435 g/mol. The molecule has 1 unspecified atom stereocenters. The summed E-state index contributed by atoms with van der Waals surface area (Å²) in [4.78, 5) is 11.4. The molecule has 0 amide bonds. The van der Waals surface area contributed by atoms with Gasteiger partial charge >= 0.3 is 42.3 Å². The largest absolute Gasteiger partial charge is 0.458 e. The first-order valence-electron chi connectivity index (χ1n) is 7.12. The quantitative estimate of drug-likeness (QED) is 0.334. The molecule has 0 aromatic heterocycles. The third-order valence-electron chi connectivity index (χ3n) is 3.91. The van der Waals surface area contributed by atoms with Crippen molar-refractivity contribution in [1.82, 2.24) is 0 Å². The SMILES string of the molecule is CCC(C)(C(=O)OCC(F)(F)C(F)(F)CC(F)(F)C(F)(F)C(F)F)C(F)(F)F. The summed E-state index contributed by atoms with van der Waals surface area (Å²) in [6.07, 6.45) is -15.4. The summed E-state index contributed by atoms with van der Waals surface area (Å²) in [6, 6.07) is 0. The van der Waals surface area contributed by atoms with Crippen LogP contribution in [-0.4, -0.2) is 48.9 Å². The lowest BCUT2D eigenvalue weighted by Crippen LogP contribution is -2.55. The van der Waals surface area contributed by atoms with Crippen LogP contribution in [0.3, 0.4) is 0 Å². The Kier molecular flexibility index (Phi) is 7.37. The van der Waals surface area contributed by atoms with E-state index in [0.717, 1.165) is 6.92 Å². The lowest BCUT2D eigenvalue weighted by molar-refractivity contribution is -0.311. The van der Waals surface area contributed by atoms with Crippen molar-refractivity contribution in [3.05, 3.63) is 0 Å². The van der Waals surface area contributed by atoms with Gasteiger partial charge in [0.05, 0.1) is 6.42 Å². The molecule has 0 saturated heterocycles. The molecule has 0 saturated carbocycles. The Bertz CT molecular complexity index is 555. The fraction of sp³-hybridized carbons (Fsp3) is 0.923. The minimum Gasteiger partial charge on any atom is -0.458 e. The van der Waals surface area contributed by atoms with E-state index in [1.54, 1.807) is 0 Å². The summed E-state index contributed by atoms with van der Waals surface area (Å²) in [5, 5.41) is 0. The van der Waals surface area contributed by atoms with Crippen LogP contribution in [0.4, 0.5) is 57.1 Å². The van der Waals surface area contributed by atoms with Gasteiger partial charge in [0, 0.05) is 0 Å². The number of hydrogen-bond acceptors (Lipinski definition) is 2. The van der Waals surface area contributed by atoms with Gasteiger partial charge in [0.25, 0.3) is 0 Å². The monoisotopic (exact) mass is 448 g/mol. The highest BCUT2D eigenvalue weighted by molar-refractivity contribution is 5.77. The van der Waals surface area contributed by atoms with E-state index >= 15 is 0 Å². The predicted octanol–water partition coefficient (Wildman–Crippen LogP) is 5.70. The fourth-order valence-electron chi connectivity index (χ4n) is 1.57. The van der Waals surface area contributed by atoms with E-state index in [-0.39, 0.29) is 6.92 Å². The van der Waals surface area contributed by atoms with Crippen LogP contribution in [0.1, 0.15) is 26.7 Å². The zero-order valence-electron chi connectivity index (χ0n) is 13.9. The van der Waals surface area contributed by atoms with Gasteiger partial charge < -0.3 is 4.74 Å². The molecule has 15 heteroatoms. The van der Waals surface area contributed by atoms with Gasteiger partial charge in [-0.2, -0.15) is 48.3 Å². The molecule has 0 aromatic rings. The second kappa shape index (κ2) is 7.76. The van der Waals surface area contributed by atoms with E-state index in [1.165, 1.54) is 0 Å². The highest BCUT2D eigenvalue weighted by Crippen LogP contribution is 2.49. The molecular formula is C13H13F13O2. The third kappa shape index (κ3) is 4.93. The van der Waals surface area contributed by atoms with Crippen LogP contribution in [0.5, 0.6) is 0 Å². The molecule has 0 radical (unpaired) electrons. The van der Waals surface area contributed by atoms with Crippen molar-refractivity contribution < 1.29 is 66.6 Å². The Hall–Kier alpha value is -1.44. The Morgan fingerprint density at radius 2 is 1.25 bits per heavy atom. The number of carbonyl (C=O) groups excluding carboxylic acids is 1. The molecule has 0 fully saturated rings. The van der Waals surface area contributed by atoms with Gasteiger partial charge in [-0.3, -0.25) is 4.79 Å². The van der Waals surface area contributed by atoms with Crippen LogP contribution >= 0.6 is 0 Å². The van der Waals surface area contributed by atoms with Crippen LogP contribution in [0.15, 0.2) is 0 Å². The van der Waals surface area contributed by atoms with Gasteiger partial charge in [0.1, 0.15) is 0 Å². The van der Waals surface area contributed by atoms with Gasteiger partial charge in [-0.05, 0) is 13.3 Å². The maximum atomic E-state index is 13.4. The maximum Gasteiger partial charge on any atom is 0.404 e. The number of hydrogen-bond donors (Lipinski definition) is 0. The normalized spacial score (nSPS) is 16.9. The van der Waals surface area contributed by atoms with Gasteiger partial charge in [-0.25, -0.2) is 8.78 Å². The van der Waals surface area contributed by atoms with E-state index in [9.17, 15) is 61.9 Å². The molecule has 28 heavy (non-hydrogen) atoms. The van der Waals surface area contributed by atoms with E-state index in [2.05, 4.69) is 4.74 Å². The number of alkyl halides is 13. The molecule has 0 rings (SSSR count). The number of esters is 1. The average Bonchev–Trinajstić information content (AvgIpc) is 2.48. The minimum atomic E-state index is -6.40. The molecule has 0 aliphatic rings. The van der Waals surface area contributed by atoms with Gasteiger partial charge in [0.15, 0.2) is 12.0 Å². The van der Waals surface area contributed by atoms with E-state index in [1.807, 2.05) is 0 Å². The van der Waals surface area contributed by atoms with Gasteiger partial charge in [-0.15, -0.1) is 0 Å². The topological polar surface area (TPSA) is 26.3 Å². The first-order valence-corrected chi connectivity index (χ1v) is 7.12. The van der Waals surface area contributed by atoms with Crippen molar-refractivity contribution in [1.29, 1.82) is 0 Å². The summed E-state index contributed by atoms with van der Waals surface area (Å²) in [7, 11) is 0. The smallest absolute Gasteiger partial charge is 0.404 e. The Morgan fingerprint density at radius 1 is 0.821 bits per heavy atom. The minimum absolute atomic E-state index is 0.183. The lowest BCUT2D eigenvalue weighted by Gasteiger charge is -2.33. The molecule has 0 aromatic carbocycles. The summed E-state index contributed by atoms with van der Waals surface area (Å²) >= 11 is 0. The molecule has 0 N–H and O–H groups in total. The van der Waals surface area contributed by atoms with Crippen molar-refractivity contribution in [2.75, 3.05) is 6.61 Å². The predicted molar refractivity (Wildman–Crippen MR) is 65.8 cm³/mol. The zero-order chi connectivity index (χ0) is 23.0. The van der Waals surface area contributed by atoms with Crippen LogP contribution in [-0.2, 0) is 9.53 Å². The second-order valence-electron chi connectivity index (χ2n) is 5.97. The molecule has 0 bridgehead atoms. The Labute approximate surface area is 149 Å². The van der Waals surface area contributed by atoms with Crippen LogP contribution < -0.4 is 0 Å². The standard InChI is InChI=1S/C13H13F13O2/c1-3-8(2,13(24,25)26)7(27)28-5-11(20,21)9(16,17)4-10(18,19)12(22,23)6(14)15/h6H,3-5H2,1-2H3. The maximum absolute atomic E-state index is 13.4. The molecule has 0 aliphatic heterocycles. The zero-order valence-corrected chi connectivity index (χ0v) is 13.9.